The second-order valence-corrected chi connectivity index (χ2v) is 10.9. The molecule has 0 saturated carbocycles. The highest BCUT2D eigenvalue weighted by Crippen LogP contribution is 2.19. The number of rotatable bonds is 21. The summed E-state index contributed by atoms with van der Waals surface area (Å²) >= 11 is 0. The zero-order valence-corrected chi connectivity index (χ0v) is 24.6. The quantitative estimate of drug-likeness (QED) is 0.140. The van der Waals surface area contributed by atoms with Crippen molar-refractivity contribution in [2.24, 2.45) is 0 Å². The molecule has 0 unspecified atom stereocenters. The summed E-state index contributed by atoms with van der Waals surface area (Å²) in [5, 5.41) is 3.08. The van der Waals surface area contributed by atoms with Crippen LogP contribution in [-0.4, -0.2) is 29.1 Å². The Balaban J connectivity index is 1.33. The van der Waals surface area contributed by atoms with Crippen molar-refractivity contribution in [3.8, 4) is 5.75 Å². The van der Waals surface area contributed by atoms with E-state index in [1.54, 1.807) is 7.11 Å². The molecule has 5 heteroatoms. The van der Waals surface area contributed by atoms with Crippen LogP contribution < -0.4 is 10.1 Å². The molecule has 1 aromatic heterocycles. The average Bonchev–Trinajstić information content (AvgIpc) is 3.30. The molecule has 0 aliphatic rings. The topological polar surface area (TPSA) is 56.2 Å². The molecule has 214 valence electrons. The summed E-state index contributed by atoms with van der Waals surface area (Å²) < 4.78 is 7.56. The van der Waals surface area contributed by atoms with Crippen LogP contribution in [0.5, 0.6) is 5.75 Å². The molecule has 0 aliphatic carbocycles. The van der Waals surface area contributed by atoms with Gasteiger partial charge in [-0.25, -0.2) is 4.98 Å². The number of carbonyl (C=O) groups is 1. The number of aromatic nitrogens is 2. The van der Waals surface area contributed by atoms with Gasteiger partial charge in [-0.05, 0) is 36.2 Å². The highest BCUT2D eigenvalue weighted by atomic mass is 16.5. The van der Waals surface area contributed by atoms with Gasteiger partial charge in [-0.1, -0.05) is 115 Å². The summed E-state index contributed by atoms with van der Waals surface area (Å²) in [7, 11) is 1.65. The van der Waals surface area contributed by atoms with E-state index in [0.29, 0.717) is 13.0 Å². The lowest BCUT2D eigenvalue weighted by molar-refractivity contribution is -0.120. The minimum Gasteiger partial charge on any atom is -0.497 e. The van der Waals surface area contributed by atoms with Crippen molar-refractivity contribution >= 4 is 16.9 Å². The Morgan fingerprint density at radius 1 is 0.795 bits per heavy atom. The average molecular weight is 534 g/mol. The van der Waals surface area contributed by atoms with E-state index in [9.17, 15) is 4.79 Å². The van der Waals surface area contributed by atoms with E-state index in [2.05, 4.69) is 35.0 Å². The number of fused-ring (bicyclic) bond motifs is 1. The Hall–Kier alpha value is -2.82. The van der Waals surface area contributed by atoms with E-state index in [-0.39, 0.29) is 5.91 Å². The van der Waals surface area contributed by atoms with Gasteiger partial charge >= 0.3 is 0 Å². The van der Waals surface area contributed by atoms with Gasteiger partial charge in [-0.15, -0.1) is 0 Å². The normalized spacial score (nSPS) is 11.2. The molecule has 5 nitrogen and oxygen atoms in total. The Kier molecular flexibility index (Phi) is 14.5. The third-order valence-electron chi connectivity index (χ3n) is 7.66. The van der Waals surface area contributed by atoms with E-state index < -0.39 is 0 Å². The number of nitrogens with one attached hydrogen (secondary N) is 1. The molecule has 1 heterocycles. The molecule has 0 spiro atoms. The lowest BCUT2D eigenvalue weighted by Gasteiger charge is -2.10. The van der Waals surface area contributed by atoms with Crippen molar-refractivity contribution in [3.63, 3.8) is 0 Å². The lowest BCUT2D eigenvalue weighted by Crippen LogP contribution is -2.28. The molecule has 39 heavy (non-hydrogen) atoms. The number of benzene rings is 2. The zero-order chi connectivity index (χ0) is 27.5. The van der Waals surface area contributed by atoms with Crippen LogP contribution in [0.2, 0.25) is 0 Å². The first-order valence-electron chi connectivity index (χ1n) is 15.5. The van der Waals surface area contributed by atoms with Gasteiger partial charge < -0.3 is 14.6 Å². The summed E-state index contributed by atoms with van der Waals surface area (Å²) in [6.45, 7) is 3.87. The number of hydrogen-bond acceptors (Lipinski definition) is 3. The van der Waals surface area contributed by atoms with Gasteiger partial charge in [0.05, 0.1) is 24.6 Å². The first-order chi connectivity index (χ1) is 19.2. The third-order valence-corrected chi connectivity index (χ3v) is 7.66. The number of amides is 1. The predicted molar refractivity (Wildman–Crippen MR) is 163 cm³/mol. The van der Waals surface area contributed by atoms with Crippen LogP contribution in [0.15, 0.2) is 48.5 Å². The van der Waals surface area contributed by atoms with Crippen molar-refractivity contribution in [2.45, 2.75) is 116 Å². The van der Waals surface area contributed by atoms with Crippen molar-refractivity contribution in [3.05, 3.63) is 59.9 Å². The van der Waals surface area contributed by atoms with E-state index in [4.69, 9.17) is 9.72 Å². The minimum absolute atomic E-state index is 0.0369. The molecule has 0 atom stereocenters. The summed E-state index contributed by atoms with van der Waals surface area (Å²) in [4.78, 5) is 17.4. The molecule has 0 bridgehead atoms. The predicted octanol–water partition coefficient (Wildman–Crippen LogP) is 8.43. The van der Waals surface area contributed by atoms with Crippen LogP contribution in [0.3, 0.4) is 0 Å². The maximum atomic E-state index is 12.5. The highest BCUT2D eigenvalue weighted by Gasteiger charge is 2.11. The van der Waals surface area contributed by atoms with E-state index in [1.807, 2.05) is 30.3 Å². The molecule has 3 rings (SSSR count). The second-order valence-electron chi connectivity index (χ2n) is 10.9. The van der Waals surface area contributed by atoms with E-state index >= 15 is 0 Å². The van der Waals surface area contributed by atoms with Gasteiger partial charge in [0.1, 0.15) is 11.6 Å². The summed E-state index contributed by atoms with van der Waals surface area (Å²) in [5.74, 6) is 1.90. The zero-order valence-electron chi connectivity index (χ0n) is 24.6. The number of aryl methyl sites for hydroxylation is 1. The fourth-order valence-corrected chi connectivity index (χ4v) is 5.34. The van der Waals surface area contributed by atoms with Crippen molar-refractivity contribution in [2.75, 3.05) is 13.7 Å². The van der Waals surface area contributed by atoms with Crippen LogP contribution in [-0.2, 0) is 24.2 Å². The molecule has 0 aliphatic heterocycles. The van der Waals surface area contributed by atoms with Crippen LogP contribution in [0.25, 0.3) is 11.0 Å². The van der Waals surface area contributed by atoms with Gasteiger partial charge in [0.15, 0.2) is 0 Å². The number of hydrogen-bond donors (Lipinski definition) is 1. The first kappa shape index (κ1) is 30.7. The molecular formula is C34H51N3O2. The molecule has 1 N–H and O–H groups in total. The first-order valence-corrected chi connectivity index (χ1v) is 15.5. The van der Waals surface area contributed by atoms with Gasteiger partial charge in [0.2, 0.25) is 5.91 Å². The van der Waals surface area contributed by atoms with Crippen LogP contribution >= 0.6 is 0 Å². The Labute approximate surface area is 236 Å². The van der Waals surface area contributed by atoms with E-state index in [0.717, 1.165) is 35.6 Å². The molecule has 2 aromatic carbocycles. The standard InChI is InChI=1S/C34H51N3O2/c1-3-4-5-6-7-8-9-10-11-12-13-14-15-18-27-37-32-20-17-16-19-31(32)36-33(37)25-26-35-34(38)28-29-21-23-30(39-2)24-22-29/h16-17,19-24H,3-15,18,25-28H2,1-2H3,(H,35,38). The molecule has 0 fully saturated rings. The summed E-state index contributed by atoms with van der Waals surface area (Å²) in [6, 6.07) is 16.0. The van der Waals surface area contributed by atoms with Crippen LogP contribution in [0, 0.1) is 0 Å². The van der Waals surface area contributed by atoms with Crippen LogP contribution in [0.1, 0.15) is 108 Å². The molecular weight excluding hydrogens is 482 g/mol. The molecule has 1 amide bonds. The molecule has 3 aromatic rings. The maximum absolute atomic E-state index is 12.5. The fraction of sp³-hybridized carbons (Fsp3) is 0.588. The van der Waals surface area contributed by atoms with Gasteiger partial charge in [-0.3, -0.25) is 4.79 Å². The lowest BCUT2D eigenvalue weighted by atomic mass is 10.0. The number of nitrogens with zero attached hydrogens (tertiary/aromatic N) is 2. The Bertz CT molecular complexity index is 1070. The minimum atomic E-state index is 0.0369. The molecule has 0 saturated heterocycles. The fourth-order valence-electron chi connectivity index (χ4n) is 5.34. The SMILES string of the molecule is CCCCCCCCCCCCCCCCn1c(CCNC(=O)Cc2ccc(OC)cc2)nc2ccccc21. The Morgan fingerprint density at radius 2 is 1.38 bits per heavy atom. The number of imidazole rings is 1. The number of para-hydroxylation sites is 2. The van der Waals surface area contributed by atoms with Crippen molar-refractivity contribution in [1.82, 2.24) is 14.9 Å². The molecule has 0 radical (unpaired) electrons. The van der Waals surface area contributed by atoms with E-state index in [1.165, 1.54) is 95.4 Å². The number of ether oxygens (including phenoxy) is 1. The smallest absolute Gasteiger partial charge is 0.224 e. The number of methoxy groups -OCH3 is 1. The summed E-state index contributed by atoms with van der Waals surface area (Å²) in [6.07, 6.45) is 20.3. The van der Waals surface area contributed by atoms with Crippen LogP contribution in [0.4, 0.5) is 0 Å². The highest BCUT2D eigenvalue weighted by molar-refractivity contribution is 5.78. The van der Waals surface area contributed by atoms with Gasteiger partial charge in [0, 0.05) is 19.5 Å². The third kappa shape index (κ3) is 11.4. The Morgan fingerprint density at radius 3 is 2.00 bits per heavy atom. The monoisotopic (exact) mass is 533 g/mol. The second kappa shape index (κ2) is 18.5. The van der Waals surface area contributed by atoms with Crippen molar-refractivity contribution in [1.29, 1.82) is 0 Å². The van der Waals surface area contributed by atoms with Gasteiger partial charge in [0.25, 0.3) is 0 Å². The summed E-state index contributed by atoms with van der Waals surface area (Å²) in [5.41, 5.74) is 3.23. The van der Waals surface area contributed by atoms with Gasteiger partial charge in [-0.2, -0.15) is 0 Å². The maximum Gasteiger partial charge on any atom is 0.224 e. The number of unbranched alkanes of at least 4 members (excludes halogenated alkanes) is 13. The van der Waals surface area contributed by atoms with Crippen molar-refractivity contribution < 1.29 is 9.53 Å². The number of carbonyl (C=O) groups excluding carboxylic acids is 1. The largest absolute Gasteiger partial charge is 0.497 e.